The molecule has 3 aromatic carbocycles. The highest BCUT2D eigenvalue weighted by atomic mass is 32.2. The summed E-state index contributed by atoms with van der Waals surface area (Å²) in [6.07, 6.45) is 1.28. The van der Waals surface area contributed by atoms with Crippen LogP contribution in [0, 0.1) is 12.8 Å². The molecule has 1 atom stereocenters. The predicted octanol–water partition coefficient (Wildman–Crippen LogP) is 4.19. The van der Waals surface area contributed by atoms with Crippen molar-refractivity contribution in [3.05, 3.63) is 89.5 Å². The van der Waals surface area contributed by atoms with Gasteiger partial charge in [-0.2, -0.15) is 0 Å². The van der Waals surface area contributed by atoms with Crippen LogP contribution in [-0.4, -0.2) is 64.7 Å². The van der Waals surface area contributed by atoms with E-state index in [1.54, 1.807) is 12.1 Å². The molecule has 0 spiro atoms. The number of methoxy groups -OCH3 is 2. The van der Waals surface area contributed by atoms with E-state index in [9.17, 15) is 18.0 Å². The molecule has 0 aliphatic heterocycles. The first-order valence-electron chi connectivity index (χ1n) is 13.8. The normalized spacial score (nSPS) is 12.0. The number of nitrogens with one attached hydrogen (secondary N) is 1. The maximum Gasteiger partial charge on any atom is 0.244 e. The highest BCUT2D eigenvalue weighted by molar-refractivity contribution is 7.92. The molecule has 0 aromatic heterocycles. The van der Waals surface area contributed by atoms with Crippen molar-refractivity contribution in [3.63, 3.8) is 0 Å². The Labute approximate surface area is 249 Å². The first-order valence-corrected chi connectivity index (χ1v) is 15.6. The Kier molecular flexibility index (Phi) is 11.4. The lowest BCUT2D eigenvalue weighted by Gasteiger charge is -2.34. The summed E-state index contributed by atoms with van der Waals surface area (Å²) in [5.41, 5.74) is 2.90. The van der Waals surface area contributed by atoms with Crippen LogP contribution < -0.4 is 19.1 Å². The van der Waals surface area contributed by atoms with Gasteiger partial charge in [-0.05, 0) is 36.1 Å². The van der Waals surface area contributed by atoms with Gasteiger partial charge in [0.2, 0.25) is 21.8 Å². The molecule has 10 heteroatoms. The number of anilines is 1. The Bertz CT molecular complexity index is 1440. The zero-order valence-corrected chi connectivity index (χ0v) is 26.0. The fourth-order valence-corrected chi connectivity index (χ4v) is 5.30. The van der Waals surface area contributed by atoms with E-state index in [0.29, 0.717) is 12.3 Å². The van der Waals surface area contributed by atoms with Gasteiger partial charge in [0.05, 0.1) is 26.2 Å². The first-order chi connectivity index (χ1) is 19.9. The third-order valence-electron chi connectivity index (χ3n) is 6.76. The molecular weight excluding hydrogens is 554 g/mol. The second kappa shape index (κ2) is 14.7. The molecule has 0 saturated carbocycles. The van der Waals surface area contributed by atoms with Gasteiger partial charge in [0.1, 0.15) is 24.1 Å². The fourth-order valence-electron chi connectivity index (χ4n) is 4.45. The third kappa shape index (κ3) is 8.97. The van der Waals surface area contributed by atoms with Gasteiger partial charge >= 0.3 is 0 Å². The Morgan fingerprint density at radius 3 is 2.14 bits per heavy atom. The summed E-state index contributed by atoms with van der Waals surface area (Å²) in [6, 6.07) is 21.0. The van der Waals surface area contributed by atoms with Crippen molar-refractivity contribution >= 4 is 27.5 Å². The van der Waals surface area contributed by atoms with Crippen molar-refractivity contribution in [3.8, 4) is 11.5 Å². The number of carbonyl (C=O) groups excluding carboxylic acids is 2. The molecule has 0 unspecified atom stereocenters. The fraction of sp³-hybridized carbons (Fsp3) is 0.375. The SMILES string of the molecule is COc1ccc(OC)c(N(CC(=O)N(Cc2ccc(C)cc2)[C@@H](Cc2ccccc2)C(=O)NCC(C)C)S(C)(=O)=O)c1. The van der Waals surface area contributed by atoms with Crippen LogP contribution in [0.1, 0.15) is 30.5 Å². The highest BCUT2D eigenvalue weighted by Gasteiger charge is 2.34. The van der Waals surface area contributed by atoms with Crippen LogP contribution in [0.2, 0.25) is 0 Å². The topological polar surface area (TPSA) is 105 Å². The smallest absolute Gasteiger partial charge is 0.244 e. The van der Waals surface area contributed by atoms with Crippen LogP contribution in [-0.2, 0) is 32.6 Å². The Morgan fingerprint density at radius 2 is 1.57 bits per heavy atom. The van der Waals surface area contributed by atoms with Crippen molar-refractivity contribution in [2.24, 2.45) is 5.92 Å². The number of hydrogen-bond donors (Lipinski definition) is 1. The Morgan fingerprint density at radius 1 is 0.905 bits per heavy atom. The Hall–Kier alpha value is -4.05. The molecule has 0 heterocycles. The van der Waals surface area contributed by atoms with Crippen molar-refractivity contribution < 1.29 is 27.5 Å². The van der Waals surface area contributed by atoms with Gasteiger partial charge < -0.3 is 19.7 Å². The maximum atomic E-state index is 14.2. The summed E-state index contributed by atoms with van der Waals surface area (Å²) in [7, 11) is -1.07. The summed E-state index contributed by atoms with van der Waals surface area (Å²) in [4.78, 5) is 29.4. The monoisotopic (exact) mass is 595 g/mol. The van der Waals surface area contributed by atoms with Crippen LogP contribution in [0.5, 0.6) is 11.5 Å². The lowest BCUT2D eigenvalue weighted by molar-refractivity contribution is -0.140. The minimum atomic E-state index is -3.96. The number of hydrogen-bond acceptors (Lipinski definition) is 6. The number of ether oxygens (including phenoxy) is 2. The van der Waals surface area contributed by atoms with E-state index in [0.717, 1.165) is 27.3 Å². The van der Waals surface area contributed by atoms with Crippen molar-refractivity contribution in [2.45, 2.75) is 39.8 Å². The number of amides is 2. The second-order valence-electron chi connectivity index (χ2n) is 10.7. The van der Waals surface area contributed by atoms with Crippen molar-refractivity contribution in [2.75, 3.05) is 37.9 Å². The standard InChI is InChI=1S/C32H41N3O6S/c1-23(2)20-33-32(37)29(18-25-10-8-7-9-11-25)34(21-26-14-12-24(3)13-15-26)31(36)22-35(42(6,38)39)28-19-27(40-4)16-17-30(28)41-5/h7-17,19,23,29H,18,20-22H2,1-6H3,(H,33,37)/t29-/m0/s1. The van der Waals surface area contributed by atoms with E-state index in [1.807, 2.05) is 75.4 Å². The third-order valence-corrected chi connectivity index (χ3v) is 7.89. The number of nitrogens with zero attached hydrogens (tertiary/aromatic N) is 2. The van der Waals surface area contributed by atoms with E-state index in [1.165, 1.54) is 25.2 Å². The summed E-state index contributed by atoms with van der Waals surface area (Å²) in [5.74, 6) is 0.0197. The van der Waals surface area contributed by atoms with Crippen LogP contribution >= 0.6 is 0 Å². The largest absolute Gasteiger partial charge is 0.497 e. The van der Waals surface area contributed by atoms with Gasteiger partial charge in [-0.3, -0.25) is 13.9 Å². The zero-order valence-electron chi connectivity index (χ0n) is 25.2. The molecule has 0 aliphatic rings. The van der Waals surface area contributed by atoms with E-state index < -0.39 is 28.5 Å². The van der Waals surface area contributed by atoms with E-state index in [2.05, 4.69) is 5.32 Å². The lowest BCUT2D eigenvalue weighted by Crippen LogP contribution is -2.53. The predicted molar refractivity (Wildman–Crippen MR) is 165 cm³/mol. The average molecular weight is 596 g/mol. The lowest BCUT2D eigenvalue weighted by atomic mass is 10.0. The number of aryl methyl sites for hydroxylation is 1. The zero-order chi connectivity index (χ0) is 30.9. The van der Waals surface area contributed by atoms with Crippen molar-refractivity contribution in [1.82, 2.24) is 10.2 Å². The molecule has 0 radical (unpaired) electrons. The molecule has 9 nitrogen and oxygen atoms in total. The highest BCUT2D eigenvalue weighted by Crippen LogP contribution is 2.34. The van der Waals surface area contributed by atoms with E-state index in [-0.39, 0.29) is 36.2 Å². The number of sulfonamides is 1. The van der Waals surface area contributed by atoms with E-state index >= 15 is 0 Å². The Balaban J connectivity index is 2.09. The summed E-state index contributed by atoms with van der Waals surface area (Å²) in [6.45, 7) is 5.96. The molecule has 0 fully saturated rings. The van der Waals surface area contributed by atoms with Crippen LogP contribution in [0.3, 0.4) is 0 Å². The first kappa shape index (κ1) is 32.5. The molecule has 0 bridgehead atoms. The summed E-state index contributed by atoms with van der Waals surface area (Å²) < 4.78 is 38.0. The summed E-state index contributed by atoms with van der Waals surface area (Å²) in [5, 5.41) is 2.98. The van der Waals surface area contributed by atoms with E-state index in [4.69, 9.17) is 9.47 Å². The van der Waals surface area contributed by atoms with Gasteiger partial charge in [0, 0.05) is 25.6 Å². The minimum Gasteiger partial charge on any atom is -0.497 e. The number of carbonyl (C=O) groups is 2. The summed E-state index contributed by atoms with van der Waals surface area (Å²) >= 11 is 0. The minimum absolute atomic E-state index is 0.110. The second-order valence-corrected chi connectivity index (χ2v) is 12.6. The molecule has 0 aliphatic carbocycles. The molecular formula is C32H41N3O6S. The maximum absolute atomic E-state index is 14.2. The average Bonchev–Trinajstić information content (AvgIpc) is 2.96. The molecule has 2 amide bonds. The van der Waals surface area contributed by atoms with Crippen molar-refractivity contribution in [1.29, 1.82) is 0 Å². The van der Waals surface area contributed by atoms with Crippen LogP contribution in [0.25, 0.3) is 0 Å². The van der Waals surface area contributed by atoms with Gasteiger partial charge in [-0.25, -0.2) is 8.42 Å². The molecule has 3 rings (SSSR count). The number of rotatable bonds is 14. The quantitative estimate of drug-likeness (QED) is 0.300. The molecule has 1 N–H and O–H groups in total. The molecule has 0 saturated heterocycles. The van der Waals surface area contributed by atoms with Gasteiger partial charge in [-0.1, -0.05) is 74.0 Å². The van der Waals surface area contributed by atoms with Crippen LogP contribution in [0.15, 0.2) is 72.8 Å². The van der Waals surface area contributed by atoms with Gasteiger partial charge in [-0.15, -0.1) is 0 Å². The van der Waals surface area contributed by atoms with Gasteiger partial charge in [0.15, 0.2) is 0 Å². The van der Waals surface area contributed by atoms with Crippen LogP contribution in [0.4, 0.5) is 5.69 Å². The molecule has 3 aromatic rings. The molecule has 226 valence electrons. The molecule has 42 heavy (non-hydrogen) atoms. The number of benzene rings is 3. The van der Waals surface area contributed by atoms with Gasteiger partial charge in [0.25, 0.3) is 0 Å².